The molecule has 0 fully saturated rings. The molecule has 0 spiro atoms. The first-order valence-electron chi connectivity index (χ1n) is 7.82. The minimum absolute atomic E-state index is 0.316. The molecule has 25 heavy (non-hydrogen) atoms. The van der Waals surface area contributed by atoms with Crippen LogP contribution in [0.5, 0.6) is 0 Å². The van der Waals surface area contributed by atoms with E-state index in [1.807, 2.05) is 48.5 Å². The van der Waals surface area contributed by atoms with Gasteiger partial charge in [0.05, 0.1) is 18.1 Å². The number of fused-ring (bicyclic) bond motifs is 3. The number of carbonyl (C=O) groups is 1. The van der Waals surface area contributed by atoms with Crippen LogP contribution in [0, 0.1) is 0 Å². The maximum Gasteiger partial charge on any atom is 0.344 e. The summed E-state index contributed by atoms with van der Waals surface area (Å²) in [7, 11) is 1.32. The van der Waals surface area contributed by atoms with Gasteiger partial charge in [-0.3, -0.25) is 0 Å². The van der Waals surface area contributed by atoms with Crippen molar-refractivity contribution < 1.29 is 13.9 Å². The molecule has 0 aliphatic rings. The number of para-hydroxylation sites is 1. The fourth-order valence-electron chi connectivity index (χ4n) is 3.09. The van der Waals surface area contributed by atoms with E-state index in [1.54, 1.807) is 12.1 Å². The number of ether oxygens (including phenoxy) is 1. The second-order valence-electron chi connectivity index (χ2n) is 5.69. The fraction of sp³-hybridized carbons (Fsp3) is 0.0476. The third-order valence-electron chi connectivity index (χ3n) is 4.22. The number of hydrogen-bond acceptors (Lipinski definition) is 4. The first kappa shape index (κ1) is 15.1. The average molecular weight is 330 g/mol. The Kier molecular flexibility index (Phi) is 3.58. The zero-order valence-electron chi connectivity index (χ0n) is 13.5. The summed E-state index contributed by atoms with van der Waals surface area (Å²) in [4.78, 5) is 24.6. The Morgan fingerprint density at radius 1 is 0.920 bits per heavy atom. The highest BCUT2D eigenvalue weighted by molar-refractivity contribution is 6.14. The zero-order chi connectivity index (χ0) is 17.4. The van der Waals surface area contributed by atoms with E-state index in [2.05, 4.69) is 0 Å². The van der Waals surface area contributed by atoms with Crippen LogP contribution in [0.2, 0.25) is 0 Å². The van der Waals surface area contributed by atoms with Crippen molar-refractivity contribution in [3.63, 3.8) is 0 Å². The van der Waals surface area contributed by atoms with Crippen molar-refractivity contribution in [3.8, 4) is 11.1 Å². The predicted molar refractivity (Wildman–Crippen MR) is 96.8 cm³/mol. The highest BCUT2D eigenvalue weighted by Crippen LogP contribution is 2.34. The minimum Gasteiger partial charge on any atom is -0.465 e. The summed E-state index contributed by atoms with van der Waals surface area (Å²) in [5.41, 5.74) is 2.06. The Bertz CT molecular complexity index is 1160. The molecule has 0 unspecified atom stereocenters. The first-order valence-corrected chi connectivity index (χ1v) is 7.82. The molecular formula is C21H14O4. The molecule has 0 amide bonds. The Hall–Kier alpha value is -3.40. The molecule has 0 N–H and O–H groups in total. The first-order chi connectivity index (χ1) is 12.2. The van der Waals surface area contributed by atoms with Crippen LogP contribution in [0.4, 0.5) is 0 Å². The molecule has 4 heteroatoms. The lowest BCUT2D eigenvalue weighted by atomic mass is 9.94. The number of benzene rings is 3. The number of esters is 1. The quantitative estimate of drug-likeness (QED) is 0.310. The minimum atomic E-state index is -0.494. The molecule has 4 rings (SSSR count). The van der Waals surface area contributed by atoms with Gasteiger partial charge in [-0.2, -0.15) is 0 Å². The number of methoxy groups -OCH3 is 1. The Labute approximate surface area is 143 Å². The largest absolute Gasteiger partial charge is 0.465 e. The molecule has 0 radical (unpaired) electrons. The van der Waals surface area contributed by atoms with Crippen LogP contribution in [0.3, 0.4) is 0 Å². The van der Waals surface area contributed by atoms with Crippen LogP contribution in [0.1, 0.15) is 10.4 Å². The summed E-state index contributed by atoms with van der Waals surface area (Å²) >= 11 is 0. The third kappa shape index (κ3) is 2.48. The summed E-state index contributed by atoms with van der Waals surface area (Å²) in [5.74, 6) is -0.494. The monoisotopic (exact) mass is 330 g/mol. The average Bonchev–Trinajstić information content (AvgIpc) is 2.67. The van der Waals surface area contributed by atoms with Crippen LogP contribution in [0.15, 0.2) is 75.9 Å². The standard InChI is InChI=1S/C21H14O4/c1-24-20(22)14-11-16(13-7-3-2-4-8-13)19-15-9-5-6-10-18(15)25-21(23)17(19)12-14/h2-12H,1H3. The smallest absolute Gasteiger partial charge is 0.344 e. The van der Waals surface area contributed by atoms with E-state index in [-0.39, 0.29) is 0 Å². The molecular weight excluding hydrogens is 316 g/mol. The summed E-state index contributed by atoms with van der Waals surface area (Å²) in [6.07, 6.45) is 0. The van der Waals surface area contributed by atoms with Crippen molar-refractivity contribution in [2.24, 2.45) is 0 Å². The van der Waals surface area contributed by atoms with Gasteiger partial charge in [0.25, 0.3) is 0 Å². The van der Waals surface area contributed by atoms with Gasteiger partial charge < -0.3 is 9.15 Å². The van der Waals surface area contributed by atoms with Crippen molar-refractivity contribution >= 4 is 27.7 Å². The summed E-state index contributed by atoms with van der Waals surface area (Å²) in [5, 5.41) is 1.96. The maximum atomic E-state index is 12.5. The normalized spacial score (nSPS) is 10.9. The lowest BCUT2D eigenvalue weighted by Crippen LogP contribution is -2.06. The number of carbonyl (C=O) groups excluding carboxylic acids is 1. The van der Waals surface area contributed by atoms with Gasteiger partial charge in [-0.15, -0.1) is 0 Å². The number of rotatable bonds is 2. The van der Waals surface area contributed by atoms with E-state index in [1.165, 1.54) is 13.2 Å². The van der Waals surface area contributed by atoms with E-state index in [0.29, 0.717) is 16.5 Å². The Morgan fingerprint density at radius 3 is 2.40 bits per heavy atom. The van der Waals surface area contributed by atoms with E-state index < -0.39 is 11.6 Å². The second-order valence-corrected chi connectivity index (χ2v) is 5.69. The van der Waals surface area contributed by atoms with Crippen molar-refractivity contribution in [3.05, 3.63) is 82.7 Å². The lowest BCUT2D eigenvalue weighted by Gasteiger charge is -2.11. The number of hydrogen-bond donors (Lipinski definition) is 0. The van der Waals surface area contributed by atoms with E-state index in [4.69, 9.17) is 9.15 Å². The van der Waals surface area contributed by atoms with Gasteiger partial charge in [-0.1, -0.05) is 48.5 Å². The van der Waals surface area contributed by atoms with Gasteiger partial charge in [0.15, 0.2) is 0 Å². The van der Waals surface area contributed by atoms with Crippen molar-refractivity contribution in [1.82, 2.24) is 0 Å². The SMILES string of the molecule is COC(=O)c1cc(-c2ccccc2)c2c(c1)c(=O)oc1ccccc12. The van der Waals surface area contributed by atoms with Crippen LogP contribution < -0.4 is 5.63 Å². The molecule has 4 aromatic rings. The Morgan fingerprint density at radius 2 is 1.64 bits per heavy atom. The maximum absolute atomic E-state index is 12.5. The molecule has 0 saturated heterocycles. The lowest BCUT2D eigenvalue weighted by molar-refractivity contribution is 0.0601. The molecule has 0 saturated carbocycles. The van der Waals surface area contributed by atoms with Gasteiger partial charge in [0.1, 0.15) is 5.58 Å². The van der Waals surface area contributed by atoms with Crippen molar-refractivity contribution in [1.29, 1.82) is 0 Å². The van der Waals surface area contributed by atoms with Crippen LogP contribution in [-0.2, 0) is 4.74 Å². The molecule has 3 aromatic carbocycles. The molecule has 0 bridgehead atoms. The topological polar surface area (TPSA) is 56.5 Å². The van der Waals surface area contributed by atoms with Gasteiger partial charge in [0, 0.05) is 10.8 Å². The Balaban J connectivity index is 2.23. The predicted octanol–water partition coefficient (Wildman–Crippen LogP) is 4.40. The van der Waals surface area contributed by atoms with Crippen LogP contribution >= 0.6 is 0 Å². The van der Waals surface area contributed by atoms with Crippen molar-refractivity contribution in [2.75, 3.05) is 7.11 Å². The third-order valence-corrected chi connectivity index (χ3v) is 4.22. The highest BCUT2D eigenvalue weighted by atomic mass is 16.5. The molecule has 1 aromatic heterocycles. The molecule has 0 atom stereocenters. The van der Waals surface area contributed by atoms with Crippen molar-refractivity contribution in [2.45, 2.75) is 0 Å². The van der Waals surface area contributed by atoms with Gasteiger partial charge in [-0.05, 0) is 29.3 Å². The van der Waals surface area contributed by atoms with E-state index in [9.17, 15) is 9.59 Å². The summed E-state index contributed by atoms with van der Waals surface area (Å²) in [6.45, 7) is 0. The van der Waals surface area contributed by atoms with Gasteiger partial charge in [-0.25, -0.2) is 9.59 Å². The highest BCUT2D eigenvalue weighted by Gasteiger charge is 2.17. The fourth-order valence-corrected chi connectivity index (χ4v) is 3.09. The van der Waals surface area contributed by atoms with E-state index >= 15 is 0 Å². The summed E-state index contributed by atoms with van der Waals surface area (Å²) < 4.78 is 10.3. The molecule has 0 aliphatic carbocycles. The van der Waals surface area contributed by atoms with Gasteiger partial charge in [0.2, 0.25) is 0 Å². The van der Waals surface area contributed by atoms with E-state index in [0.717, 1.165) is 21.9 Å². The molecule has 0 aliphatic heterocycles. The molecule has 4 nitrogen and oxygen atoms in total. The van der Waals surface area contributed by atoms with Crippen LogP contribution in [-0.4, -0.2) is 13.1 Å². The second kappa shape index (κ2) is 5.91. The van der Waals surface area contributed by atoms with Crippen LogP contribution in [0.25, 0.3) is 32.9 Å². The van der Waals surface area contributed by atoms with Gasteiger partial charge >= 0.3 is 11.6 Å². The zero-order valence-corrected chi connectivity index (χ0v) is 13.5. The molecule has 122 valence electrons. The summed E-state index contributed by atoms with van der Waals surface area (Å²) in [6, 6.07) is 20.3. The molecule has 1 heterocycles.